The van der Waals surface area contributed by atoms with E-state index in [-0.39, 0.29) is 5.41 Å². The van der Waals surface area contributed by atoms with Crippen LogP contribution in [-0.4, -0.2) is 62.8 Å². The van der Waals surface area contributed by atoms with E-state index in [0.717, 1.165) is 45.2 Å². The molecule has 2 heterocycles. The van der Waals surface area contributed by atoms with Gasteiger partial charge in [-0.3, -0.25) is 4.99 Å². The van der Waals surface area contributed by atoms with Crippen LogP contribution in [0.4, 0.5) is 0 Å². The van der Waals surface area contributed by atoms with Gasteiger partial charge in [0, 0.05) is 38.7 Å². The molecule has 2 saturated heterocycles. The molecule has 25 heavy (non-hydrogen) atoms. The lowest BCUT2D eigenvalue weighted by atomic mass is 9.78. The molecule has 0 spiro atoms. The third kappa shape index (κ3) is 7.14. The zero-order valence-electron chi connectivity index (χ0n) is 16.9. The van der Waals surface area contributed by atoms with Crippen molar-refractivity contribution in [1.29, 1.82) is 0 Å². The van der Waals surface area contributed by atoms with Gasteiger partial charge in [0.25, 0.3) is 0 Å². The molecule has 5 heteroatoms. The van der Waals surface area contributed by atoms with Crippen LogP contribution in [0, 0.1) is 11.3 Å². The molecule has 0 saturated carbocycles. The van der Waals surface area contributed by atoms with E-state index in [1.54, 1.807) is 0 Å². The fourth-order valence-electron chi connectivity index (χ4n) is 4.05. The summed E-state index contributed by atoms with van der Waals surface area (Å²) in [7, 11) is 0. The zero-order valence-corrected chi connectivity index (χ0v) is 16.9. The van der Waals surface area contributed by atoms with Gasteiger partial charge in [-0.1, -0.05) is 27.2 Å². The molecule has 2 aliphatic heterocycles. The summed E-state index contributed by atoms with van der Waals surface area (Å²) in [6.45, 7) is 16.2. The maximum Gasteiger partial charge on any atom is 0.191 e. The van der Waals surface area contributed by atoms with Crippen LogP contribution in [0.15, 0.2) is 4.99 Å². The van der Waals surface area contributed by atoms with Gasteiger partial charge >= 0.3 is 0 Å². The van der Waals surface area contributed by atoms with Crippen LogP contribution in [0.25, 0.3) is 0 Å². The van der Waals surface area contributed by atoms with Crippen molar-refractivity contribution in [2.45, 2.75) is 65.9 Å². The summed E-state index contributed by atoms with van der Waals surface area (Å²) in [5, 5.41) is 6.91. The van der Waals surface area contributed by atoms with Gasteiger partial charge in [-0.05, 0) is 51.1 Å². The number of rotatable bonds is 6. The van der Waals surface area contributed by atoms with Gasteiger partial charge in [-0.15, -0.1) is 0 Å². The predicted octanol–water partition coefficient (Wildman–Crippen LogP) is 2.87. The first-order valence-electron chi connectivity index (χ1n) is 10.4. The first kappa shape index (κ1) is 20.5. The van der Waals surface area contributed by atoms with Crippen molar-refractivity contribution in [3.8, 4) is 0 Å². The molecule has 0 bridgehead atoms. The molecule has 146 valence electrons. The number of nitrogens with zero attached hydrogens (tertiary/aromatic N) is 2. The van der Waals surface area contributed by atoms with E-state index >= 15 is 0 Å². The molecule has 2 rings (SSSR count). The zero-order chi connectivity index (χ0) is 18.1. The maximum absolute atomic E-state index is 6.09. The highest BCUT2D eigenvalue weighted by atomic mass is 16.5. The van der Waals surface area contributed by atoms with Crippen LogP contribution >= 0.6 is 0 Å². The molecule has 2 N–H and O–H groups in total. The van der Waals surface area contributed by atoms with E-state index in [0.29, 0.717) is 12.0 Å². The molecular formula is C20H40N4O. The van der Waals surface area contributed by atoms with Crippen LogP contribution in [-0.2, 0) is 4.74 Å². The number of guanidine groups is 1. The SMILES string of the molecule is CCNC(=NCC1CCCOC1C(C)(C)C)NCCN1CCCCC1. The quantitative estimate of drug-likeness (QED) is 0.570. The van der Waals surface area contributed by atoms with Crippen molar-refractivity contribution >= 4 is 5.96 Å². The van der Waals surface area contributed by atoms with Crippen molar-refractivity contribution in [2.75, 3.05) is 45.9 Å². The van der Waals surface area contributed by atoms with Gasteiger partial charge in [0.2, 0.25) is 0 Å². The van der Waals surface area contributed by atoms with Gasteiger partial charge < -0.3 is 20.3 Å². The summed E-state index contributed by atoms with van der Waals surface area (Å²) in [4.78, 5) is 7.44. The Morgan fingerprint density at radius 2 is 1.88 bits per heavy atom. The standard InChI is InChI=1S/C20H40N4O/c1-5-21-19(22-11-14-24-12-7-6-8-13-24)23-16-17-10-9-15-25-18(17)20(2,3)4/h17-18H,5-16H2,1-4H3,(H2,21,22,23). The first-order chi connectivity index (χ1) is 12.0. The highest BCUT2D eigenvalue weighted by Gasteiger charge is 2.35. The summed E-state index contributed by atoms with van der Waals surface area (Å²) >= 11 is 0. The van der Waals surface area contributed by atoms with Gasteiger partial charge in [-0.2, -0.15) is 0 Å². The number of piperidine rings is 1. The Morgan fingerprint density at radius 3 is 2.56 bits per heavy atom. The van der Waals surface area contributed by atoms with Crippen LogP contribution in [0.5, 0.6) is 0 Å². The smallest absolute Gasteiger partial charge is 0.191 e. The molecule has 2 atom stereocenters. The third-order valence-electron chi connectivity index (χ3n) is 5.30. The van der Waals surface area contributed by atoms with E-state index in [1.807, 2.05) is 0 Å². The minimum atomic E-state index is 0.181. The van der Waals surface area contributed by atoms with Crippen molar-refractivity contribution in [2.24, 2.45) is 16.3 Å². The van der Waals surface area contributed by atoms with Crippen molar-refractivity contribution in [3.05, 3.63) is 0 Å². The van der Waals surface area contributed by atoms with Gasteiger partial charge in [0.15, 0.2) is 5.96 Å². The Bertz CT molecular complexity index is 399. The van der Waals surface area contributed by atoms with Gasteiger partial charge in [0.05, 0.1) is 6.10 Å². The lowest BCUT2D eigenvalue weighted by molar-refractivity contribution is -0.0823. The van der Waals surface area contributed by atoms with Crippen LogP contribution in [0.1, 0.15) is 59.8 Å². The van der Waals surface area contributed by atoms with E-state index in [4.69, 9.17) is 9.73 Å². The monoisotopic (exact) mass is 352 g/mol. The fraction of sp³-hybridized carbons (Fsp3) is 0.950. The molecule has 5 nitrogen and oxygen atoms in total. The Morgan fingerprint density at radius 1 is 1.12 bits per heavy atom. The number of hydrogen-bond donors (Lipinski definition) is 2. The van der Waals surface area contributed by atoms with Crippen LogP contribution in [0.3, 0.4) is 0 Å². The molecule has 0 aromatic rings. The highest BCUT2D eigenvalue weighted by Crippen LogP contribution is 2.34. The Kier molecular flexibility index (Phi) is 8.50. The molecule has 0 aromatic carbocycles. The molecular weight excluding hydrogens is 312 g/mol. The topological polar surface area (TPSA) is 48.9 Å². The molecule has 0 aliphatic carbocycles. The molecule has 2 aliphatic rings. The Labute approximate surface area is 155 Å². The first-order valence-corrected chi connectivity index (χ1v) is 10.4. The van der Waals surface area contributed by atoms with E-state index in [2.05, 4.69) is 43.2 Å². The molecule has 0 aromatic heterocycles. The summed E-state index contributed by atoms with van der Waals surface area (Å²) in [6.07, 6.45) is 6.78. The van der Waals surface area contributed by atoms with Crippen LogP contribution < -0.4 is 10.6 Å². The average molecular weight is 353 g/mol. The van der Waals surface area contributed by atoms with Gasteiger partial charge in [-0.25, -0.2) is 0 Å². The van der Waals surface area contributed by atoms with E-state index in [9.17, 15) is 0 Å². The Balaban J connectivity index is 1.82. The minimum Gasteiger partial charge on any atom is -0.377 e. The average Bonchev–Trinajstić information content (AvgIpc) is 2.60. The number of nitrogens with one attached hydrogen (secondary N) is 2. The largest absolute Gasteiger partial charge is 0.377 e. The number of likely N-dealkylation sites (tertiary alicyclic amines) is 1. The van der Waals surface area contributed by atoms with Gasteiger partial charge in [0.1, 0.15) is 0 Å². The number of ether oxygens (including phenoxy) is 1. The molecule has 2 unspecified atom stereocenters. The molecule has 0 radical (unpaired) electrons. The third-order valence-corrected chi connectivity index (χ3v) is 5.30. The summed E-state index contributed by atoms with van der Waals surface area (Å²) < 4.78 is 6.09. The summed E-state index contributed by atoms with van der Waals surface area (Å²) in [5.41, 5.74) is 0.181. The lowest BCUT2D eigenvalue weighted by Crippen LogP contribution is -2.44. The second-order valence-corrected chi connectivity index (χ2v) is 8.61. The fourth-order valence-corrected chi connectivity index (χ4v) is 4.05. The molecule has 0 amide bonds. The maximum atomic E-state index is 6.09. The summed E-state index contributed by atoms with van der Waals surface area (Å²) in [6, 6.07) is 0. The van der Waals surface area contributed by atoms with Crippen LogP contribution in [0.2, 0.25) is 0 Å². The molecule has 2 fully saturated rings. The number of aliphatic imine (C=N–C) groups is 1. The second-order valence-electron chi connectivity index (χ2n) is 8.61. The van der Waals surface area contributed by atoms with E-state index < -0.39 is 0 Å². The highest BCUT2D eigenvalue weighted by molar-refractivity contribution is 5.79. The lowest BCUT2D eigenvalue weighted by Gasteiger charge is -2.39. The van der Waals surface area contributed by atoms with E-state index in [1.165, 1.54) is 38.8 Å². The van der Waals surface area contributed by atoms with Crippen molar-refractivity contribution < 1.29 is 4.74 Å². The number of hydrogen-bond acceptors (Lipinski definition) is 3. The van der Waals surface area contributed by atoms with Crippen molar-refractivity contribution in [1.82, 2.24) is 15.5 Å². The normalized spacial score (nSPS) is 26.5. The Hall–Kier alpha value is -0.810. The minimum absolute atomic E-state index is 0.181. The van der Waals surface area contributed by atoms with Crippen molar-refractivity contribution in [3.63, 3.8) is 0 Å². The summed E-state index contributed by atoms with van der Waals surface area (Å²) in [5.74, 6) is 1.48. The second kappa shape index (κ2) is 10.4. The predicted molar refractivity (Wildman–Crippen MR) is 106 cm³/mol.